The van der Waals surface area contributed by atoms with E-state index in [1.54, 1.807) is 6.92 Å². The maximum Gasteiger partial charge on any atom is 0.248 e. The van der Waals surface area contributed by atoms with Gasteiger partial charge in [0.15, 0.2) is 9.84 Å². The van der Waals surface area contributed by atoms with E-state index in [4.69, 9.17) is 16.3 Å². The first kappa shape index (κ1) is 26.3. The second-order valence-corrected chi connectivity index (χ2v) is 11.7. The fraction of sp³-hybridized carbons (Fsp3) is 0.696. The number of halogens is 2. The van der Waals surface area contributed by atoms with Crippen LogP contribution in [-0.2, 0) is 26.0 Å². The van der Waals surface area contributed by atoms with Crippen LogP contribution in [0.5, 0.6) is 0 Å². The summed E-state index contributed by atoms with van der Waals surface area (Å²) in [5.41, 5.74) is 0.155. The largest absolute Gasteiger partial charge is 0.372 e. The van der Waals surface area contributed by atoms with Gasteiger partial charge in [0.05, 0.1) is 15.2 Å². The number of benzene rings is 1. The number of piperidine rings is 1. The van der Waals surface area contributed by atoms with Gasteiger partial charge in [0.1, 0.15) is 13.3 Å². The van der Waals surface area contributed by atoms with E-state index < -0.39 is 21.8 Å². The van der Waals surface area contributed by atoms with Gasteiger partial charge >= 0.3 is 0 Å². The number of rotatable bonds is 9. The minimum Gasteiger partial charge on any atom is -0.372 e. The van der Waals surface area contributed by atoms with Gasteiger partial charge in [-0.25, -0.2) is 12.8 Å². The van der Waals surface area contributed by atoms with Crippen molar-refractivity contribution in [1.29, 1.82) is 0 Å². The second kappa shape index (κ2) is 11.9. The molecule has 1 aromatic carbocycles. The number of sulfone groups is 1. The smallest absolute Gasteiger partial charge is 0.248 e. The maximum absolute atomic E-state index is 13.0. The zero-order chi connectivity index (χ0) is 24.0. The number of alkyl halides is 1. The molecule has 1 aromatic rings. The van der Waals surface area contributed by atoms with Crippen LogP contribution in [0.15, 0.2) is 23.1 Å². The molecule has 33 heavy (non-hydrogen) atoms. The van der Waals surface area contributed by atoms with Crippen LogP contribution in [0.3, 0.4) is 0 Å². The van der Waals surface area contributed by atoms with Gasteiger partial charge in [-0.1, -0.05) is 23.7 Å². The molecule has 0 N–H and O–H groups in total. The third kappa shape index (κ3) is 6.66. The number of ether oxygens (including phenoxy) is 1. The molecule has 0 spiro atoms. The minimum absolute atomic E-state index is 0.0565. The average Bonchev–Trinajstić information content (AvgIpc) is 2.82. The normalized spacial score (nSPS) is 20.2. The Hall–Kier alpha value is -1.26. The van der Waals surface area contributed by atoms with Gasteiger partial charge in [0, 0.05) is 44.4 Å². The fourth-order valence-corrected chi connectivity index (χ4v) is 6.44. The molecule has 1 unspecified atom stereocenters. The van der Waals surface area contributed by atoms with Crippen molar-refractivity contribution < 1.29 is 22.3 Å². The molecule has 2 heterocycles. The maximum atomic E-state index is 13.0. The average molecular weight is 504 g/mol. The van der Waals surface area contributed by atoms with Gasteiger partial charge in [-0.05, 0) is 52.4 Å². The summed E-state index contributed by atoms with van der Waals surface area (Å²) in [5, 5.41) is -0.833. The molecular weight excluding hydrogens is 469 g/mol. The molecular formula is C23H35ClFN3O4S. The van der Waals surface area contributed by atoms with Gasteiger partial charge in [-0.2, -0.15) is 0 Å². The monoisotopic (exact) mass is 503 g/mol. The summed E-state index contributed by atoms with van der Waals surface area (Å²) in [7, 11) is -1.57. The lowest BCUT2D eigenvalue weighted by Gasteiger charge is -2.42. The number of carbonyl (C=O) groups excluding carboxylic acids is 1. The van der Waals surface area contributed by atoms with Crippen LogP contribution in [0.1, 0.15) is 31.7 Å². The predicted molar refractivity (Wildman–Crippen MR) is 127 cm³/mol. The molecule has 10 heteroatoms. The first-order valence-electron chi connectivity index (χ1n) is 11.6. The van der Waals surface area contributed by atoms with E-state index in [9.17, 15) is 17.6 Å². The van der Waals surface area contributed by atoms with Crippen LogP contribution >= 0.6 is 11.6 Å². The molecule has 2 aliphatic heterocycles. The van der Waals surface area contributed by atoms with Crippen molar-refractivity contribution in [2.75, 3.05) is 59.5 Å². The van der Waals surface area contributed by atoms with Crippen LogP contribution < -0.4 is 0 Å². The highest BCUT2D eigenvalue weighted by Gasteiger charge is 2.29. The van der Waals surface area contributed by atoms with Gasteiger partial charge in [-0.3, -0.25) is 9.69 Å². The Kier molecular flexibility index (Phi) is 9.52. The minimum atomic E-state index is -3.73. The Morgan fingerprint density at radius 2 is 1.85 bits per heavy atom. The Morgan fingerprint density at radius 3 is 2.48 bits per heavy atom. The highest BCUT2D eigenvalue weighted by Crippen LogP contribution is 2.29. The van der Waals surface area contributed by atoms with Gasteiger partial charge in [0.25, 0.3) is 0 Å². The molecule has 2 aliphatic rings. The third-order valence-corrected chi connectivity index (χ3v) is 9.60. The predicted octanol–water partition coefficient (Wildman–Crippen LogP) is 2.62. The van der Waals surface area contributed by atoms with Gasteiger partial charge in [0.2, 0.25) is 5.91 Å². The van der Waals surface area contributed by atoms with Crippen LogP contribution in [0, 0.1) is 0 Å². The molecule has 2 saturated heterocycles. The van der Waals surface area contributed by atoms with Gasteiger partial charge < -0.3 is 14.5 Å². The molecule has 1 amide bonds. The summed E-state index contributed by atoms with van der Waals surface area (Å²) in [6.45, 7) is 6.24. The van der Waals surface area contributed by atoms with Crippen LogP contribution in [-0.4, -0.2) is 99.8 Å². The van der Waals surface area contributed by atoms with Crippen LogP contribution in [0.25, 0.3) is 0 Å². The van der Waals surface area contributed by atoms with E-state index in [1.165, 1.54) is 31.0 Å². The summed E-state index contributed by atoms with van der Waals surface area (Å²) in [6, 6.07) is 4.96. The zero-order valence-corrected chi connectivity index (χ0v) is 21.1. The molecule has 0 radical (unpaired) electrons. The molecule has 0 bridgehead atoms. The highest BCUT2D eigenvalue weighted by atomic mass is 35.5. The number of piperazine rings is 1. The lowest BCUT2D eigenvalue weighted by atomic mass is 10.0. The Labute approximate surface area is 201 Å². The molecule has 186 valence electrons. The number of hydrogen-bond acceptors (Lipinski definition) is 6. The second-order valence-electron chi connectivity index (χ2n) is 9.01. The molecule has 2 fully saturated rings. The van der Waals surface area contributed by atoms with E-state index in [0.717, 1.165) is 26.2 Å². The molecule has 7 nitrogen and oxygen atoms in total. The molecule has 0 saturated carbocycles. The fourth-order valence-electron chi connectivity index (χ4n) is 4.45. The highest BCUT2D eigenvalue weighted by molar-refractivity contribution is 7.92. The number of hydrogen-bond donors (Lipinski definition) is 0. The Morgan fingerprint density at radius 1 is 1.18 bits per heavy atom. The van der Waals surface area contributed by atoms with E-state index >= 15 is 0 Å². The standard InChI is InChI=1S/C23H35ClFN3O4S/c1-18(33(30,31)21-5-3-4-19(16-25)23(21)24)8-15-32-17-22(29)28-13-11-27(12-14-28)20-6-9-26(2)10-7-20/h3-5,18,20H,6-17H2,1-2H3. The summed E-state index contributed by atoms with van der Waals surface area (Å²) < 4.78 is 44.2. The SMILES string of the molecule is CC(CCOCC(=O)N1CCN(C2CCN(C)CC2)CC1)S(=O)(=O)c1cccc(CF)c1Cl. The van der Waals surface area contributed by atoms with Crippen molar-refractivity contribution in [3.63, 3.8) is 0 Å². The summed E-state index contributed by atoms with van der Waals surface area (Å²) in [4.78, 5) is 19.1. The molecule has 0 aromatic heterocycles. The number of amides is 1. The molecule has 0 aliphatic carbocycles. The quantitative estimate of drug-likeness (QED) is 0.482. The van der Waals surface area contributed by atoms with Crippen molar-refractivity contribution in [2.45, 2.75) is 49.0 Å². The number of nitrogens with zero attached hydrogens (tertiary/aromatic N) is 3. The van der Waals surface area contributed by atoms with E-state index in [2.05, 4.69) is 16.8 Å². The van der Waals surface area contributed by atoms with Crippen molar-refractivity contribution in [2.24, 2.45) is 0 Å². The summed E-state index contributed by atoms with van der Waals surface area (Å²) >= 11 is 6.09. The van der Waals surface area contributed by atoms with Crippen LogP contribution in [0.4, 0.5) is 4.39 Å². The zero-order valence-electron chi connectivity index (χ0n) is 19.5. The molecule has 1 atom stereocenters. The van der Waals surface area contributed by atoms with Crippen molar-refractivity contribution in [1.82, 2.24) is 14.7 Å². The van der Waals surface area contributed by atoms with E-state index in [-0.39, 0.29) is 41.0 Å². The van der Waals surface area contributed by atoms with Crippen molar-refractivity contribution in [3.05, 3.63) is 28.8 Å². The number of carbonyl (C=O) groups is 1. The Bertz CT molecular complexity index is 901. The summed E-state index contributed by atoms with van der Waals surface area (Å²) in [5.74, 6) is -0.0628. The van der Waals surface area contributed by atoms with Crippen molar-refractivity contribution in [3.8, 4) is 0 Å². The summed E-state index contributed by atoms with van der Waals surface area (Å²) in [6.07, 6.45) is 2.57. The topological polar surface area (TPSA) is 70.2 Å². The van der Waals surface area contributed by atoms with E-state index in [1.807, 2.05) is 4.90 Å². The van der Waals surface area contributed by atoms with Crippen molar-refractivity contribution >= 4 is 27.3 Å². The Balaban J connectivity index is 1.40. The van der Waals surface area contributed by atoms with Gasteiger partial charge in [-0.15, -0.1) is 0 Å². The first-order valence-corrected chi connectivity index (χ1v) is 13.5. The third-order valence-electron chi connectivity index (χ3n) is 6.79. The lowest BCUT2D eigenvalue weighted by Crippen LogP contribution is -2.54. The number of likely N-dealkylation sites (tertiary alicyclic amines) is 1. The van der Waals surface area contributed by atoms with E-state index in [0.29, 0.717) is 19.1 Å². The van der Waals surface area contributed by atoms with Crippen LogP contribution in [0.2, 0.25) is 5.02 Å². The lowest BCUT2D eigenvalue weighted by molar-refractivity contribution is -0.138. The first-order chi connectivity index (χ1) is 15.7. The molecule has 3 rings (SSSR count).